The van der Waals surface area contributed by atoms with Gasteiger partial charge in [0.1, 0.15) is 0 Å². The van der Waals surface area contributed by atoms with Crippen molar-refractivity contribution in [3.05, 3.63) is 22.2 Å². The SMILES string of the molecule is CN=C(NCc1cc(Br)c2c(c1)OCO2)N1CCC(C(=O)OC)CC1.I. The van der Waals surface area contributed by atoms with Crippen molar-refractivity contribution in [2.45, 2.75) is 19.4 Å². The molecule has 1 aromatic carbocycles. The number of ether oxygens (including phenoxy) is 3. The van der Waals surface area contributed by atoms with E-state index in [0.29, 0.717) is 6.54 Å². The van der Waals surface area contributed by atoms with Gasteiger partial charge in [0, 0.05) is 26.7 Å². The minimum absolute atomic E-state index is 0. The number of fused-ring (bicyclic) bond motifs is 1. The smallest absolute Gasteiger partial charge is 0.308 e. The summed E-state index contributed by atoms with van der Waals surface area (Å²) in [4.78, 5) is 18.2. The van der Waals surface area contributed by atoms with E-state index in [0.717, 1.165) is 53.4 Å². The molecule has 9 heteroatoms. The molecule has 144 valence electrons. The molecule has 1 aromatic rings. The molecule has 0 atom stereocenters. The van der Waals surface area contributed by atoms with Gasteiger partial charge < -0.3 is 24.4 Å². The van der Waals surface area contributed by atoms with Crippen LogP contribution < -0.4 is 14.8 Å². The Morgan fingerprint density at radius 3 is 2.77 bits per heavy atom. The molecule has 0 unspecified atom stereocenters. The number of methoxy groups -OCH3 is 1. The van der Waals surface area contributed by atoms with Gasteiger partial charge in [-0.15, -0.1) is 24.0 Å². The van der Waals surface area contributed by atoms with Gasteiger partial charge in [-0.25, -0.2) is 0 Å². The predicted octanol–water partition coefficient (Wildman–Crippen LogP) is 2.76. The number of carbonyl (C=O) groups is 1. The van der Waals surface area contributed by atoms with Crippen LogP contribution in [0.1, 0.15) is 18.4 Å². The molecule has 0 aliphatic carbocycles. The number of halogens is 2. The van der Waals surface area contributed by atoms with Gasteiger partial charge in [-0.3, -0.25) is 9.79 Å². The van der Waals surface area contributed by atoms with E-state index in [4.69, 9.17) is 14.2 Å². The molecule has 3 rings (SSSR count). The quantitative estimate of drug-likeness (QED) is 0.276. The number of guanidine groups is 1. The van der Waals surface area contributed by atoms with Gasteiger partial charge in [0.15, 0.2) is 17.5 Å². The van der Waals surface area contributed by atoms with E-state index in [1.165, 1.54) is 7.11 Å². The Bertz CT molecular complexity index is 678. The molecule has 0 bridgehead atoms. The maximum absolute atomic E-state index is 11.6. The first kappa shape index (κ1) is 21.1. The van der Waals surface area contributed by atoms with Crippen molar-refractivity contribution in [1.29, 1.82) is 0 Å². The molecular weight excluding hydrogens is 517 g/mol. The Kier molecular flexibility index (Phi) is 7.81. The molecule has 1 fully saturated rings. The van der Waals surface area contributed by atoms with Crippen LogP contribution in [0.5, 0.6) is 11.5 Å². The van der Waals surface area contributed by atoms with Gasteiger partial charge in [-0.1, -0.05) is 0 Å². The van der Waals surface area contributed by atoms with Gasteiger partial charge in [-0.2, -0.15) is 0 Å². The van der Waals surface area contributed by atoms with E-state index in [1.54, 1.807) is 7.05 Å². The average Bonchev–Trinajstić information content (AvgIpc) is 3.11. The van der Waals surface area contributed by atoms with Crippen LogP contribution in [0.25, 0.3) is 0 Å². The van der Waals surface area contributed by atoms with Gasteiger partial charge in [0.25, 0.3) is 0 Å². The lowest BCUT2D eigenvalue weighted by molar-refractivity contribution is -0.146. The van der Waals surface area contributed by atoms with E-state index < -0.39 is 0 Å². The lowest BCUT2D eigenvalue weighted by Crippen LogP contribution is -2.46. The summed E-state index contributed by atoms with van der Waals surface area (Å²) in [5, 5.41) is 3.37. The second-order valence-electron chi connectivity index (χ2n) is 6.00. The van der Waals surface area contributed by atoms with Crippen molar-refractivity contribution in [3.63, 3.8) is 0 Å². The molecule has 2 heterocycles. The van der Waals surface area contributed by atoms with Crippen LogP contribution in [0, 0.1) is 5.92 Å². The lowest BCUT2D eigenvalue weighted by atomic mass is 9.97. The van der Waals surface area contributed by atoms with Crippen molar-refractivity contribution >= 4 is 51.8 Å². The van der Waals surface area contributed by atoms with Gasteiger partial charge >= 0.3 is 5.97 Å². The number of rotatable bonds is 3. The van der Waals surface area contributed by atoms with Crippen molar-refractivity contribution in [3.8, 4) is 11.5 Å². The fourth-order valence-corrected chi connectivity index (χ4v) is 3.73. The number of esters is 1. The Labute approximate surface area is 178 Å². The summed E-state index contributed by atoms with van der Waals surface area (Å²) in [5.74, 6) is 2.20. The molecule has 7 nitrogen and oxygen atoms in total. The van der Waals surface area contributed by atoms with Crippen LogP contribution in [0.3, 0.4) is 0 Å². The molecule has 0 spiro atoms. The van der Waals surface area contributed by atoms with Gasteiger partial charge in [-0.05, 0) is 46.5 Å². The highest BCUT2D eigenvalue weighted by Gasteiger charge is 2.27. The standard InChI is InChI=1S/C17H22BrN3O4.HI/c1-19-17(21-5-3-12(4-6-21)16(22)23-2)20-9-11-7-13(18)15-14(8-11)24-10-25-15;/h7-8,12H,3-6,9-10H2,1-2H3,(H,19,20);1H. The zero-order valence-electron chi connectivity index (χ0n) is 14.8. The Morgan fingerprint density at radius 2 is 2.12 bits per heavy atom. The maximum atomic E-state index is 11.6. The highest BCUT2D eigenvalue weighted by molar-refractivity contribution is 14.0. The van der Waals surface area contributed by atoms with E-state index in [1.807, 2.05) is 12.1 Å². The van der Waals surface area contributed by atoms with E-state index in [2.05, 4.69) is 31.1 Å². The summed E-state index contributed by atoms with van der Waals surface area (Å²) in [7, 11) is 3.21. The third kappa shape index (κ3) is 4.73. The zero-order chi connectivity index (χ0) is 17.8. The molecule has 2 aliphatic heterocycles. The number of nitrogens with zero attached hydrogens (tertiary/aromatic N) is 2. The molecule has 1 N–H and O–H groups in total. The highest BCUT2D eigenvalue weighted by atomic mass is 127. The number of hydrogen-bond acceptors (Lipinski definition) is 5. The molecule has 2 aliphatic rings. The average molecular weight is 540 g/mol. The van der Waals surface area contributed by atoms with Crippen LogP contribution >= 0.6 is 39.9 Å². The molecule has 26 heavy (non-hydrogen) atoms. The number of aliphatic imine (C=N–C) groups is 1. The Hall–Kier alpha value is -1.23. The summed E-state index contributed by atoms with van der Waals surface area (Å²) >= 11 is 3.51. The summed E-state index contributed by atoms with van der Waals surface area (Å²) in [6.07, 6.45) is 1.56. The first-order valence-corrected chi connectivity index (χ1v) is 9.03. The number of nitrogens with one attached hydrogen (secondary N) is 1. The van der Waals surface area contributed by atoms with Crippen molar-refractivity contribution in [2.24, 2.45) is 10.9 Å². The first-order valence-electron chi connectivity index (χ1n) is 8.23. The second kappa shape index (κ2) is 9.63. The monoisotopic (exact) mass is 539 g/mol. The van der Waals surface area contributed by atoms with Crippen LogP contribution in [0.15, 0.2) is 21.6 Å². The Balaban J connectivity index is 0.00000243. The van der Waals surface area contributed by atoms with Crippen LogP contribution in [-0.4, -0.2) is 50.9 Å². The van der Waals surface area contributed by atoms with Crippen LogP contribution in [0.4, 0.5) is 0 Å². The van der Waals surface area contributed by atoms with Crippen molar-refractivity contribution < 1.29 is 19.0 Å². The fourth-order valence-electron chi connectivity index (χ4n) is 3.13. The topological polar surface area (TPSA) is 72.4 Å². The number of benzene rings is 1. The predicted molar refractivity (Wildman–Crippen MR) is 112 cm³/mol. The minimum atomic E-state index is -0.118. The molecular formula is C17H23BrIN3O4. The molecule has 1 saturated heterocycles. The molecule has 0 saturated carbocycles. The minimum Gasteiger partial charge on any atom is -0.469 e. The molecule has 0 aromatic heterocycles. The third-order valence-corrected chi connectivity index (χ3v) is 5.07. The van der Waals surface area contributed by atoms with Crippen LogP contribution in [-0.2, 0) is 16.1 Å². The third-order valence-electron chi connectivity index (χ3n) is 4.48. The van der Waals surface area contributed by atoms with Crippen LogP contribution in [0.2, 0.25) is 0 Å². The Morgan fingerprint density at radius 1 is 1.38 bits per heavy atom. The van der Waals surface area contributed by atoms with Crippen molar-refractivity contribution in [2.75, 3.05) is 34.0 Å². The fraction of sp³-hybridized carbons (Fsp3) is 0.529. The molecule has 0 amide bonds. The number of hydrogen-bond donors (Lipinski definition) is 1. The maximum Gasteiger partial charge on any atom is 0.308 e. The number of carbonyl (C=O) groups excluding carboxylic acids is 1. The summed E-state index contributed by atoms with van der Waals surface area (Å²) in [6.45, 7) is 2.44. The number of likely N-dealkylation sites (tertiary alicyclic amines) is 1. The normalized spacial score (nSPS) is 16.9. The van der Waals surface area contributed by atoms with E-state index in [-0.39, 0.29) is 42.7 Å². The highest BCUT2D eigenvalue weighted by Crippen LogP contribution is 2.39. The second-order valence-corrected chi connectivity index (χ2v) is 6.85. The summed E-state index contributed by atoms with van der Waals surface area (Å²) in [6, 6.07) is 3.98. The first-order chi connectivity index (χ1) is 12.1. The number of piperidine rings is 1. The van der Waals surface area contributed by atoms with E-state index in [9.17, 15) is 4.79 Å². The molecule has 0 radical (unpaired) electrons. The lowest BCUT2D eigenvalue weighted by Gasteiger charge is -2.33. The summed E-state index contributed by atoms with van der Waals surface area (Å²) in [5.41, 5.74) is 1.07. The van der Waals surface area contributed by atoms with E-state index >= 15 is 0 Å². The summed E-state index contributed by atoms with van der Waals surface area (Å²) < 4.78 is 16.6. The van der Waals surface area contributed by atoms with Crippen molar-refractivity contribution in [1.82, 2.24) is 10.2 Å². The van der Waals surface area contributed by atoms with Gasteiger partial charge in [0.2, 0.25) is 6.79 Å². The largest absolute Gasteiger partial charge is 0.469 e. The zero-order valence-corrected chi connectivity index (χ0v) is 18.7. The van der Waals surface area contributed by atoms with Gasteiger partial charge in [0.05, 0.1) is 17.5 Å².